The zero-order chi connectivity index (χ0) is 22.4. The number of hydrogen-bond acceptors (Lipinski definition) is 10. The van der Waals surface area contributed by atoms with Gasteiger partial charge in [-0.2, -0.15) is 0 Å². The molecular weight excluding hydrogens is 416 g/mol. The molecule has 0 aliphatic carbocycles. The fourth-order valence-electron chi connectivity index (χ4n) is 3.22. The van der Waals surface area contributed by atoms with Crippen molar-refractivity contribution in [3.05, 3.63) is 30.3 Å². The van der Waals surface area contributed by atoms with Gasteiger partial charge in [0, 0.05) is 24.3 Å². The van der Waals surface area contributed by atoms with Crippen molar-refractivity contribution in [2.75, 3.05) is 6.61 Å². The predicted molar refractivity (Wildman–Crippen MR) is 103 cm³/mol. The summed E-state index contributed by atoms with van der Waals surface area (Å²) in [5.41, 5.74) is 0.0332. The number of aliphatic hydroxyl groups excluding tert-OH is 3. The third-order valence-corrected chi connectivity index (χ3v) is 4.85. The van der Waals surface area contributed by atoms with E-state index in [1.54, 1.807) is 0 Å². The Kier molecular flexibility index (Phi) is 5.11. The quantitative estimate of drug-likeness (QED) is 0.214. The molecule has 2 heterocycles. The Bertz CT molecular complexity index is 1120. The van der Waals surface area contributed by atoms with E-state index in [2.05, 4.69) is 0 Å². The molecule has 0 radical (unpaired) electrons. The molecule has 0 amide bonds. The van der Waals surface area contributed by atoms with Crippen molar-refractivity contribution in [2.45, 2.75) is 24.6 Å². The van der Waals surface area contributed by atoms with Crippen LogP contribution in [0.1, 0.15) is 0 Å². The van der Waals surface area contributed by atoms with Gasteiger partial charge in [-0.15, -0.1) is 0 Å². The van der Waals surface area contributed by atoms with Gasteiger partial charge in [0.25, 0.3) is 0 Å². The Labute approximate surface area is 173 Å². The first-order valence-electron chi connectivity index (χ1n) is 9.06. The molecule has 164 valence electrons. The molecule has 11 heteroatoms. The third-order valence-electron chi connectivity index (χ3n) is 4.85. The summed E-state index contributed by atoms with van der Waals surface area (Å²) in [4.78, 5) is 0. The van der Waals surface area contributed by atoms with Crippen LogP contribution in [0, 0.1) is 0 Å². The van der Waals surface area contributed by atoms with Crippen molar-refractivity contribution in [1.29, 1.82) is 0 Å². The van der Waals surface area contributed by atoms with Crippen LogP contribution in [0.3, 0.4) is 0 Å². The monoisotopic (exact) mass is 435 g/mol. The van der Waals surface area contributed by atoms with Crippen LogP contribution >= 0.6 is 0 Å². The van der Waals surface area contributed by atoms with E-state index in [4.69, 9.17) is 13.9 Å². The van der Waals surface area contributed by atoms with Crippen LogP contribution in [0.4, 0.5) is 0 Å². The molecule has 3 aromatic rings. The Balaban J connectivity index is 1.87. The van der Waals surface area contributed by atoms with Crippen molar-refractivity contribution in [2.24, 2.45) is 0 Å². The summed E-state index contributed by atoms with van der Waals surface area (Å²) in [5, 5.41) is 79.0. The zero-order valence-corrected chi connectivity index (χ0v) is 15.7. The first-order chi connectivity index (χ1) is 14.7. The smallest absolute Gasteiger partial charge is 0.402 e. The highest BCUT2D eigenvalue weighted by Crippen LogP contribution is 2.44. The maximum Gasteiger partial charge on any atom is 0.402 e. The minimum absolute atomic E-state index is 0.00692. The highest BCUT2D eigenvalue weighted by Gasteiger charge is 2.40. The van der Waals surface area contributed by atoms with Crippen molar-refractivity contribution in [1.82, 2.24) is 0 Å². The molecule has 1 saturated heterocycles. The second kappa shape index (κ2) is 7.63. The van der Waals surface area contributed by atoms with Crippen molar-refractivity contribution in [3.8, 4) is 45.8 Å². The molecule has 11 nitrogen and oxygen atoms in total. The standard InChI is InChI=1S/C20H18O11/c21-8-3-10(22)9-5-15(31-20-18(28)17(27)13(25)6-29-20)19(30-14(9)4-8)7-1-11(23)16(26)12(24)2-7/h1-5,13,17-18,20,25,27-28H,6H2,(H4-,21,22,23,24,26)/p+1/t13-,17?,18+,20-/m1/s1. The molecule has 0 bridgehead atoms. The lowest BCUT2D eigenvalue weighted by atomic mass is 10.1. The third kappa shape index (κ3) is 3.70. The Morgan fingerprint density at radius 3 is 2.19 bits per heavy atom. The fourth-order valence-corrected chi connectivity index (χ4v) is 3.22. The number of phenols is 5. The Morgan fingerprint density at radius 2 is 1.52 bits per heavy atom. The summed E-state index contributed by atoms with van der Waals surface area (Å²) in [6.07, 6.45) is -5.95. The van der Waals surface area contributed by atoms with Gasteiger partial charge >= 0.3 is 11.3 Å². The van der Waals surface area contributed by atoms with Crippen LogP contribution in [0.25, 0.3) is 22.3 Å². The topological polar surface area (TPSA) is 192 Å². The van der Waals surface area contributed by atoms with Gasteiger partial charge in [0.2, 0.25) is 12.0 Å². The first-order valence-corrected chi connectivity index (χ1v) is 9.06. The van der Waals surface area contributed by atoms with E-state index in [-0.39, 0.29) is 46.1 Å². The van der Waals surface area contributed by atoms with Crippen LogP contribution in [-0.2, 0) is 4.74 Å². The molecular formula is C20H19O11+. The number of rotatable bonds is 3. The predicted octanol–water partition coefficient (Wildman–Crippen LogP) is 0.727. The average molecular weight is 435 g/mol. The number of aliphatic hydroxyl groups is 3. The number of benzene rings is 2. The van der Waals surface area contributed by atoms with Gasteiger partial charge in [-0.25, -0.2) is 4.42 Å². The highest BCUT2D eigenvalue weighted by atomic mass is 16.7. The van der Waals surface area contributed by atoms with Crippen LogP contribution in [0.5, 0.6) is 34.5 Å². The van der Waals surface area contributed by atoms with Gasteiger partial charge in [0.1, 0.15) is 35.2 Å². The van der Waals surface area contributed by atoms with Crippen LogP contribution in [0.2, 0.25) is 0 Å². The summed E-state index contributed by atoms with van der Waals surface area (Å²) in [5.74, 6) is -3.03. The van der Waals surface area contributed by atoms with Gasteiger partial charge in [0.15, 0.2) is 17.2 Å². The van der Waals surface area contributed by atoms with Crippen LogP contribution < -0.4 is 4.74 Å². The van der Waals surface area contributed by atoms with Crippen molar-refractivity contribution >= 4 is 11.0 Å². The molecule has 1 fully saturated rings. The van der Waals surface area contributed by atoms with Gasteiger partial charge in [-0.3, -0.25) is 0 Å². The summed E-state index contributed by atoms with van der Waals surface area (Å²) >= 11 is 0. The molecule has 1 aliphatic rings. The molecule has 2 aromatic carbocycles. The van der Waals surface area contributed by atoms with Gasteiger partial charge < -0.3 is 50.3 Å². The molecule has 1 aliphatic heterocycles. The van der Waals surface area contributed by atoms with Crippen molar-refractivity contribution in [3.63, 3.8) is 0 Å². The molecule has 31 heavy (non-hydrogen) atoms. The number of ether oxygens (including phenoxy) is 2. The van der Waals surface area contributed by atoms with E-state index in [1.165, 1.54) is 12.1 Å². The molecule has 8 N–H and O–H groups in total. The second-order valence-corrected chi connectivity index (χ2v) is 7.05. The first kappa shape index (κ1) is 20.8. The second-order valence-electron chi connectivity index (χ2n) is 7.05. The SMILES string of the molecule is Oc1cc(O)c2cc(O[C@H]3OC[C@@H](O)C(O)[C@@H]3O)c(-c3cc(O)c(O)c(O)c3)[o+]c2c1. The number of fused-ring (bicyclic) bond motifs is 1. The maximum absolute atomic E-state index is 10.2. The van der Waals surface area contributed by atoms with E-state index in [0.29, 0.717) is 0 Å². The van der Waals surface area contributed by atoms with Crippen LogP contribution in [-0.4, -0.2) is 72.1 Å². The number of phenolic OH excluding ortho intramolecular Hbond substituents is 5. The molecule has 4 atom stereocenters. The minimum Gasteiger partial charge on any atom is -0.507 e. The average Bonchev–Trinajstić information content (AvgIpc) is 2.72. The largest absolute Gasteiger partial charge is 0.507 e. The van der Waals surface area contributed by atoms with Crippen molar-refractivity contribution < 1.29 is 54.7 Å². The summed E-state index contributed by atoms with van der Waals surface area (Å²) in [6, 6.07) is 5.68. The minimum atomic E-state index is -1.64. The molecule has 1 unspecified atom stereocenters. The van der Waals surface area contributed by atoms with Gasteiger partial charge in [-0.05, 0) is 0 Å². The van der Waals surface area contributed by atoms with E-state index in [1.807, 2.05) is 0 Å². The zero-order valence-electron chi connectivity index (χ0n) is 15.7. The van der Waals surface area contributed by atoms with Crippen LogP contribution in [0.15, 0.2) is 34.7 Å². The number of hydrogen-bond donors (Lipinski definition) is 8. The highest BCUT2D eigenvalue weighted by molar-refractivity contribution is 5.88. The molecule has 0 saturated carbocycles. The molecule has 4 rings (SSSR count). The van der Waals surface area contributed by atoms with E-state index >= 15 is 0 Å². The van der Waals surface area contributed by atoms with E-state index in [0.717, 1.165) is 18.2 Å². The molecule has 1 aromatic heterocycles. The van der Waals surface area contributed by atoms with E-state index < -0.39 is 41.9 Å². The lowest BCUT2D eigenvalue weighted by Gasteiger charge is -2.34. The fraction of sp³-hybridized carbons (Fsp3) is 0.250. The molecule has 0 spiro atoms. The summed E-state index contributed by atoms with van der Waals surface area (Å²) in [6.45, 7) is -0.330. The maximum atomic E-state index is 10.2. The lowest BCUT2D eigenvalue weighted by Crippen LogP contribution is -2.54. The summed E-state index contributed by atoms with van der Waals surface area (Å²) in [7, 11) is 0. The number of aromatic hydroxyl groups is 5. The van der Waals surface area contributed by atoms with Gasteiger partial charge in [0.05, 0.1) is 18.2 Å². The summed E-state index contributed by atoms with van der Waals surface area (Å²) < 4.78 is 16.6. The van der Waals surface area contributed by atoms with Gasteiger partial charge in [-0.1, -0.05) is 0 Å². The Hall–Kier alpha value is -3.51. The normalized spacial score (nSPS) is 23.7. The Morgan fingerprint density at radius 1 is 0.839 bits per heavy atom. The van der Waals surface area contributed by atoms with E-state index in [9.17, 15) is 40.9 Å². The lowest BCUT2D eigenvalue weighted by molar-refractivity contribution is -0.242.